The highest BCUT2D eigenvalue weighted by Crippen LogP contribution is 2.21. The molecule has 2 aromatic carbocycles. The van der Waals surface area contributed by atoms with Crippen LogP contribution in [0.4, 0.5) is 4.39 Å². The zero-order chi connectivity index (χ0) is 14.5. The number of phenolic OH excluding ortho intramolecular Hbond substituents is 1. The number of hydrogen-bond acceptors (Lipinski definition) is 3. The summed E-state index contributed by atoms with van der Waals surface area (Å²) >= 11 is 0. The van der Waals surface area contributed by atoms with E-state index in [2.05, 4.69) is 11.4 Å². The lowest BCUT2D eigenvalue weighted by Gasteiger charge is -2.15. The third-order valence-corrected chi connectivity index (χ3v) is 3.21. The molecule has 0 spiro atoms. The predicted octanol–water partition coefficient (Wildman–Crippen LogP) is 3.25. The Labute approximate surface area is 117 Å². The minimum Gasteiger partial charge on any atom is -0.505 e. The standard InChI is InChI=1S/C16H15FN2O/c1-11(13-7-5-12(9-18)6-8-13)19-10-14-3-2-4-15(17)16(14)20/h2-8,11,19-20H,10H2,1H3. The van der Waals surface area contributed by atoms with E-state index in [1.165, 1.54) is 6.07 Å². The van der Waals surface area contributed by atoms with Crippen molar-refractivity contribution < 1.29 is 9.50 Å². The van der Waals surface area contributed by atoms with Gasteiger partial charge in [-0.05, 0) is 30.7 Å². The van der Waals surface area contributed by atoms with Gasteiger partial charge < -0.3 is 10.4 Å². The minimum absolute atomic E-state index is 0.0328. The number of hydrogen-bond donors (Lipinski definition) is 2. The third kappa shape index (κ3) is 3.14. The molecule has 0 aromatic heterocycles. The molecule has 4 heteroatoms. The first-order valence-corrected chi connectivity index (χ1v) is 6.31. The zero-order valence-electron chi connectivity index (χ0n) is 11.1. The highest BCUT2D eigenvalue weighted by Gasteiger charge is 2.09. The van der Waals surface area contributed by atoms with Crippen molar-refractivity contribution >= 4 is 0 Å². The molecule has 0 amide bonds. The van der Waals surface area contributed by atoms with Gasteiger partial charge in [0.1, 0.15) is 0 Å². The maximum absolute atomic E-state index is 13.2. The quantitative estimate of drug-likeness (QED) is 0.896. The maximum Gasteiger partial charge on any atom is 0.165 e. The van der Waals surface area contributed by atoms with Gasteiger partial charge in [-0.1, -0.05) is 24.3 Å². The van der Waals surface area contributed by atoms with Gasteiger partial charge in [-0.3, -0.25) is 0 Å². The second-order valence-corrected chi connectivity index (χ2v) is 4.58. The number of nitriles is 1. The van der Waals surface area contributed by atoms with E-state index in [1.54, 1.807) is 24.3 Å². The molecule has 0 aliphatic rings. The first kappa shape index (κ1) is 14.0. The maximum atomic E-state index is 13.2. The fraction of sp³-hybridized carbons (Fsp3) is 0.188. The number of halogens is 1. The summed E-state index contributed by atoms with van der Waals surface area (Å²) in [5.41, 5.74) is 2.16. The van der Waals surface area contributed by atoms with Crippen LogP contribution < -0.4 is 5.32 Å². The smallest absolute Gasteiger partial charge is 0.165 e. The number of benzene rings is 2. The fourth-order valence-electron chi connectivity index (χ4n) is 1.93. The first-order valence-electron chi connectivity index (χ1n) is 6.31. The van der Waals surface area contributed by atoms with Gasteiger partial charge in [-0.2, -0.15) is 5.26 Å². The van der Waals surface area contributed by atoms with Crippen LogP contribution in [0.25, 0.3) is 0 Å². The van der Waals surface area contributed by atoms with Crippen LogP contribution in [0.5, 0.6) is 5.75 Å². The molecule has 2 aromatic rings. The van der Waals surface area contributed by atoms with E-state index in [4.69, 9.17) is 5.26 Å². The van der Waals surface area contributed by atoms with Gasteiger partial charge in [0.25, 0.3) is 0 Å². The summed E-state index contributed by atoms with van der Waals surface area (Å²) in [5.74, 6) is -0.928. The Hall–Kier alpha value is -2.38. The second-order valence-electron chi connectivity index (χ2n) is 4.58. The van der Waals surface area contributed by atoms with Gasteiger partial charge in [0.15, 0.2) is 11.6 Å². The van der Waals surface area contributed by atoms with Crippen molar-refractivity contribution in [2.75, 3.05) is 0 Å². The van der Waals surface area contributed by atoms with Crippen molar-refractivity contribution in [2.45, 2.75) is 19.5 Å². The van der Waals surface area contributed by atoms with E-state index < -0.39 is 5.82 Å². The Balaban J connectivity index is 2.03. The lowest BCUT2D eigenvalue weighted by Crippen LogP contribution is -2.18. The van der Waals surface area contributed by atoms with Crippen LogP contribution in [0, 0.1) is 17.1 Å². The van der Waals surface area contributed by atoms with Crippen LogP contribution in [0.2, 0.25) is 0 Å². The summed E-state index contributed by atoms with van der Waals surface area (Å²) in [7, 11) is 0. The summed E-state index contributed by atoms with van der Waals surface area (Å²) in [5, 5.41) is 21.6. The summed E-state index contributed by atoms with van der Waals surface area (Å²) in [6.07, 6.45) is 0. The van der Waals surface area contributed by atoms with Crippen molar-refractivity contribution in [1.29, 1.82) is 5.26 Å². The molecule has 102 valence electrons. The van der Waals surface area contributed by atoms with Gasteiger partial charge in [0.2, 0.25) is 0 Å². The Kier molecular flexibility index (Phi) is 4.34. The molecule has 0 aliphatic carbocycles. The molecule has 0 saturated heterocycles. The van der Waals surface area contributed by atoms with Crippen molar-refractivity contribution in [2.24, 2.45) is 0 Å². The lowest BCUT2D eigenvalue weighted by atomic mass is 10.1. The Morgan fingerprint density at radius 3 is 2.60 bits per heavy atom. The Morgan fingerprint density at radius 2 is 1.95 bits per heavy atom. The monoisotopic (exact) mass is 270 g/mol. The molecule has 0 heterocycles. The van der Waals surface area contributed by atoms with Crippen LogP contribution in [-0.2, 0) is 6.54 Å². The van der Waals surface area contributed by atoms with E-state index >= 15 is 0 Å². The molecule has 1 unspecified atom stereocenters. The molecule has 0 bridgehead atoms. The van der Waals surface area contributed by atoms with Crippen LogP contribution in [0.1, 0.15) is 29.7 Å². The summed E-state index contributed by atoms with van der Waals surface area (Å²) in [4.78, 5) is 0. The highest BCUT2D eigenvalue weighted by molar-refractivity contribution is 5.34. The van der Waals surface area contributed by atoms with Crippen LogP contribution >= 0.6 is 0 Å². The van der Waals surface area contributed by atoms with E-state index in [0.717, 1.165) is 5.56 Å². The summed E-state index contributed by atoms with van der Waals surface area (Å²) < 4.78 is 13.2. The number of rotatable bonds is 4. The molecule has 0 radical (unpaired) electrons. The molecular formula is C16H15FN2O. The van der Waals surface area contributed by atoms with Gasteiger partial charge in [0, 0.05) is 18.2 Å². The van der Waals surface area contributed by atoms with Crippen molar-refractivity contribution in [3.8, 4) is 11.8 Å². The molecule has 2 rings (SSSR count). The van der Waals surface area contributed by atoms with Gasteiger partial charge in [-0.25, -0.2) is 4.39 Å². The Bertz CT molecular complexity index is 632. The lowest BCUT2D eigenvalue weighted by molar-refractivity contribution is 0.421. The second kappa shape index (κ2) is 6.18. The topological polar surface area (TPSA) is 56.0 Å². The number of nitrogens with one attached hydrogen (secondary N) is 1. The normalized spacial score (nSPS) is 11.8. The van der Waals surface area contributed by atoms with E-state index in [1.807, 2.05) is 19.1 Å². The van der Waals surface area contributed by atoms with Gasteiger partial charge in [0.05, 0.1) is 11.6 Å². The van der Waals surface area contributed by atoms with E-state index in [-0.39, 0.29) is 11.8 Å². The molecule has 0 aliphatic heterocycles. The SMILES string of the molecule is CC(NCc1cccc(F)c1O)c1ccc(C#N)cc1. The van der Waals surface area contributed by atoms with E-state index in [9.17, 15) is 9.50 Å². The number of para-hydroxylation sites is 1. The molecule has 0 saturated carbocycles. The Morgan fingerprint density at radius 1 is 1.25 bits per heavy atom. The largest absolute Gasteiger partial charge is 0.505 e. The highest BCUT2D eigenvalue weighted by atomic mass is 19.1. The van der Waals surface area contributed by atoms with Crippen molar-refractivity contribution in [1.82, 2.24) is 5.32 Å². The average molecular weight is 270 g/mol. The molecule has 1 atom stereocenters. The first-order chi connectivity index (χ1) is 9.61. The van der Waals surface area contributed by atoms with Crippen LogP contribution in [0.15, 0.2) is 42.5 Å². The summed E-state index contributed by atoms with van der Waals surface area (Å²) in [6.45, 7) is 2.34. The number of aromatic hydroxyl groups is 1. The fourth-order valence-corrected chi connectivity index (χ4v) is 1.93. The molecule has 20 heavy (non-hydrogen) atoms. The minimum atomic E-state index is -0.615. The van der Waals surface area contributed by atoms with E-state index in [0.29, 0.717) is 17.7 Å². The molecular weight excluding hydrogens is 255 g/mol. The van der Waals surface area contributed by atoms with Crippen molar-refractivity contribution in [3.63, 3.8) is 0 Å². The molecule has 3 nitrogen and oxygen atoms in total. The third-order valence-electron chi connectivity index (χ3n) is 3.21. The van der Waals surface area contributed by atoms with Gasteiger partial charge in [-0.15, -0.1) is 0 Å². The number of nitrogens with zero attached hydrogens (tertiary/aromatic N) is 1. The molecule has 2 N–H and O–H groups in total. The summed E-state index contributed by atoms with van der Waals surface area (Å²) in [6, 6.07) is 13.8. The zero-order valence-corrected chi connectivity index (χ0v) is 11.1. The van der Waals surface area contributed by atoms with Crippen molar-refractivity contribution in [3.05, 3.63) is 65.0 Å². The molecule has 0 fully saturated rings. The van der Waals surface area contributed by atoms with Gasteiger partial charge >= 0.3 is 0 Å². The predicted molar refractivity (Wildman–Crippen MR) is 74.5 cm³/mol. The van der Waals surface area contributed by atoms with Crippen LogP contribution in [-0.4, -0.2) is 5.11 Å². The number of phenols is 1. The average Bonchev–Trinajstić information content (AvgIpc) is 2.48. The van der Waals surface area contributed by atoms with Crippen LogP contribution in [0.3, 0.4) is 0 Å².